The fraction of sp³-hybridized carbons (Fsp3) is 0.368. The molecule has 2 aromatic rings. The second-order valence-electron chi connectivity index (χ2n) is 6.28. The van der Waals surface area contributed by atoms with E-state index in [-0.39, 0.29) is 23.6 Å². The molecule has 1 radical (unpaired) electrons. The van der Waals surface area contributed by atoms with Gasteiger partial charge in [-0.05, 0) is 42.2 Å². The number of halogens is 10. The van der Waals surface area contributed by atoms with Gasteiger partial charge in [-0.1, -0.05) is 31.2 Å². The van der Waals surface area contributed by atoms with Gasteiger partial charge in [0.05, 0.1) is 0 Å². The maximum atomic E-state index is 15.1. The highest BCUT2D eigenvalue weighted by atomic mass is 19.4. The van der Waals surface area contributed by atoms with Crippen molar-refractivity contribution < 1.29 is 43.9 Å². The fourth-order valence-electron chi connectivity index (χ4n) is 2.99. The van der Waals surface area contributed by atoms with E-state index in [1.807, 2.05) is 0 Å². The van der Waals surface area contributed by atoms with Crippen molar-refractivity contribution in [2.24, 2.45) is 0 Å². The molecular weight excluding hydrogens is 418 g/mol. The lowest BCUT2D eigenvalue weighted by molar-refractivity contribution is -0.389. The first-order valence-electron chi connectivity index (χ1n) is 8.11. The van der Waals surface area contributed by atoms with Gasteiger partial charge in [-0.25, -0.2) is 8.78 Å². The molecule has 0 nitrogen and oxygen atoms in total. The summed E-state index contributed by atoms with van der Waals surface area (Å²) < 4.78 is 137. The summed E-state index contributed by atoms with van der Waals surface area (Å²) in [6, 6.07) is 6.53. The SMILES string of the molecule is CCc1[c]c(C)cc(C(F)(C(F)(F)F)C(F)(F)C(F)(F)F)c1-c1ccccc1F. The van der Waals surface area contributed by atoms with Crippen molar-refractivity contribution in [1.29, 1.82) is 0 Å². The van der Waals surface area contributed by atoms with Gasteiger partial charge in [0.15, 0.2) is 0 Å². The minimum Gasteiger partial charge on any atom is -0.221 e. The van der Waals surface area contributed by atoms with E-state index in [1.54, 1.807) is 0 Å². The van der Waals surface area contributed by atoms with E-state index in [0.29, 0.717) is 0 Å². The van der Waals surface area contributed by atoms with Gasteiger partial charge >= 0.3 is 23.9 Å². The van der Waals surface area contributed by atoms with Crippen molar-refractivity contribution in [1.82, 2.24) is 0 Å². The van der Waals surface area contributed by atoms with Crippen LogP contribution in [0.5, 0.6) is 0 Å². The average molecular weight is 431 g/mol. The van der Waals surface area contributed by atoms with Crippen molar-refractivity contribution in [2.45, 2.75) is 44.2 Å². The summed E-state index contributed by atoms with van der Waals surface area (Å²) >= 11 is 0. The third kappa shape index (κ3) is 3.57. The van der Waals surface area contributed by atoms with Crippen LogP contribution in [0.3, 0.4) is 0 Å². The second-order valence-corrected chi connectivity index (χ2v) is 6.28. The molecule has 0 spiro atoms. The largest absolute Gasteiger partial charge is 0.457 e. The normalized spacial score (nSPS) is 15.3. The molecule has 2 aromatic carbocycles. The molecule has 0 aliphatic rings. The van der Waals surface area contributed by atoms with Crippen LogP contribution in [-0.2, 0) is 12.1 Å². The highest BCUT2D eigenvalue weighted by Gasteiger charge is 2.82. The monoisotopic (exact) mass is 431 g/mol. The molecule has 0 amide bonds. The number of hydrogen-bond acceptors (Lipinski definition) is 0. The van der Waals surface area contributed by atoms with E-state index in [2.05, 4.69) is 6.07 Å². The van der Waals surface area contributed by atoms with E-state index in [4.69, 9.17) is 0 Å². The van der Waals surface area contributed by atoms with Crippen molar-refractivity contribution in [3.05, 3.63) is 58.9 Å². The summed E-state index contributed by atoms with van der Waals surface area (Å²) in [6.07, 6.45) is -13.8. The van der Waals surface area contributed by atoms with E-state index < -0.39 is 46.5 Å². The molecule has 0 saturated heterocycles. The maximum Gasteiger partial charge on any atom is 0.457 e. The Balaban J connectivity index is 3.08. The number of benzene rings is 2. The zero-order valence-electron chi connectivity index (χ0n) is 14.9. The molecule has 2 rings (SSSR count). The van der Waals surface area contributed by atoms with Gasteiger partial charge in [0, 0.05) is 11.1 Å². The highest BCUT2D eigenvalue weighted by molar-refractivity contribution is 5.74. The standard InChI is InChI=1S/C19H13F10/c1-3-11-8-10(2)9-13(15(11)12-6-4-5-7-14(12)20)16(21,18(24,25)26)17(22,23)19(27,28)29/h4-7,9H,3H2,1-2H3. The van der Waals surface area contributed by atoms with Crippen LogP contribution < -0.4 is 0 Å². The average Bonchev–Trinajstić information content (AvgIpc) is 2.58. The number of aryl methyl sites for hydroxylation is 2. The molecule has 0 bridgehead atoms. The summed E-state index contributed by atoms with van der Waals surface area (Å²) in [4.78, 5) is 0. The third-order valence-electron chi connectivity index (χ3n) is 4.33. The van der Waals surface area contributed by atoms with Crippen LogP contribution in [0.1, 0.15) is 23.6 Å². The van der Waals surface area contributed by atoms with Gasteiger partial charge in [-0.3, -0.25) is 0 Å². The quantitative estimate of drug-likeness (QED) is 0.454. The molecule has 0 fully saturated rings. The minimum absolute atomic E-state index is 0.189. The van der Waals surface area contributed by atoms with Gasteiger partial charge in [-0.2, -0.15) is 35.1 Å². The number of hydrogen-bond donors (Lipinski definition) is 0. The lowest BCUT2D eigenvalue weighted by Gasteiger charge is -2.37. The first-order chi connectivity index (χ1) is 13.1. The van der Waals surface area contributed by atoms with Gasteiger partial charge in [-0.15, -0.1) is 0 Å². The Morgan fingerprint density at radius 2 is 1.41 bits per heavy atom. The number of alkyl halides is 9. The molecule has 0 heterocycles. The van der Waals surface area contributed by atoms with E-state index in [9.17, 15) is 39.5 Å². The van der Waals surface area contributed by atoms with Gasteiger partial charge < -0.3 is 0 Å². The van der Waals surface area contributed by atoms with Crippen LogP contribution in [0.2, 0.25) is 0 Å². The molecule has 1 unspecified atom stereocenters. The van der Waals surface area contributed by atoms with Crippen molar-refractivity contribution in [3.63, 3.8) is 0 Å². The van der Waals surface area contributed by atoms with E-state index >= 15 is 4.39 Å². The summed E-state index contributed by atoms with van der Waals surface area (Å²) in [5.74, 6) is -8.07. The first-order valence-corrected chi connectivity index (χ1v) is 8.11. The summed E-state index contributed by atoms with van der Waals surface area (Å²) in [6.45, 7) is 2.38. The predicted octanol–water partition coefficient (Wildman–Crippen LogP) is 7.09. The lowest BCUT2D eigenvalue weighted by Crippen LogP contribution is -2.60. The van der Waals surface area contributed by atoms with E-state index in [1.165, 1.54) is 6.92 Å². The Morgan fingerprint density at radius 1 is 0.862 bits per heavy atom. The Bertz CT molecular complexity index is 895. The summed E-state index contributed by atoms with van der Waals surface area (Å²) in [7, 11) is 0. The van der Waals surface area contributed by atoms with Crippen LogP contribution in [0, 0.1) is 18.8 Å². The molecule has 0 aliphatic carbocycles. The lowest BCUT2D eigenvalue weighted by atomic mass is 9.79. The van der Waals surface area contributed by atoms with Crippen LogP contribution in [0.4, 0.5) is 43.9 Å². The molecule has 159 valence electrons. The molecule has 0 aliphatic heterocycles. The summed E-state index contributed by atoms with van der Waals surface area (Å²) in [5.41, 5.74) is -10.6. The van der Waals surface area contributed by atoms with Gasteiger partial charge in [0.25, 0.3) is 0 Å². The molecule has 0 N–H and O–H groups in total. The van der Waals surface area contributed by atoms with Crippen LogP contribution in [0.25, 0.3) is 11.1 Å². The fourth-order valence-corrected chi connectivity index (χ4v) is 2.99. The molecule has 0 saturated carbocycles. The smallest absolute Gasteiger partial charge is 0.221 e. The first kappa shape index (κ1) is 23.0. The van der Waals surface area contributed by atoms with Crippen molar-refractivity contribution >= 4 is 0 Å². The van der Waals surface area contributed by atoms with Crippen LogP contribution in [0.15, 0.2) is 30.3 Å². The maximum absolute atomic E-state index is 15.1. The van der Waals surface area contributed by atoms with E-state index in [0.717, 1.165) is 31.2 Å². The zero-order valence-corrected chi connectivity index (χ0v) is 14.9. The third-order valence-corrected chi connectivity index (χ3v) is 4.33. The van der Waals surface area contributed by atoms with Crippen LogP contribution >= 0.6 is 0 Å². The molecule has 10 heteroatoms. The molecule has 0 aromatic heterocycles. The van der Waals surface area contributed by atoms with Crippen LogP contribution in [-0.4, -0.2) is 18.3 Å². The Morgan fingerprint density at radius 3 is 1.86 bits per heavy atom. The van der Waals surface area contributed by atoms with Crippen molar-refractivity contribution in [2.75, 3.05) is 0 Å². The molecule has 1 atom stereocenters. The predicted molar refractivity (Wildman–Crippen MR) is 84.6 cm³/mol. The van der Waals surface area contributed by atoms with Crippen molar-refractivity contribution in [3.8, 4) is 11.1 Å². The highest BCUT2D eigenvalue weighted by Crippen LogP contribution is 2.60. The second kappa shape index (κ2) is 7.21. The number of rotatable bonds is 4. The minimum atomic E-state index is -6.87. The van der Waals surface area contributed by atoms with Gasteiger partial charge in [0.1, 0.15) is 5.82 Å². The Labute approximate surface area is 159 Å². The Hall–Kier alpha value is -2.26. The Kier molecular flexibility index (Phi) is 5.73. The molecule has 29 heavy (non-hydrogen) atoms. The summed E-state index contributed by atoms with van der Waals surface area (Å²) in [5, 5.41) is 0. The molecular formula is C19H13F10. The van der Waals surface area contributed by atoms with Gasteiger partial charge in [0.2, 0.25) is 0 Å². The zero-order chi connectivity index (χ0) is 22.4. The topological polar surface area (TPSA) is 0 Å².